The molecule has 0 spiro atoms. The van der Waals surface area contributed by atoms with E-state index in [1.165, 1.54) is 21.3 Å². The first-order valence-electron chi connectivity index (χ1n) is 9.77. The minimum Gasteiger partial charge on any atom is -0.379 e. The predicted molar refractivity (Wildman–Crippen MR) is 102 cm³/mol. The minimum absolute atomic E-state index is 0.157. The molecule has 0 N–H and O–H groups in total. The molecule has 0 aliphatic carbocycles. The highest BCUT2D eigenvalue weighted by atomic mass is 32.2. The van der Waals surface area contributed by atoms with Crippen LogP contribution in [0.25, 0.3) is 0 Å². The van der Waals surface area contributed by atoms with Crippen LogP contribution in [-0.2, 0) is 24.3 Å². The average Bonchev–Trinajstić information content (AvgIpc) is 3.03. The summed E-state index contributed by atoms with van der Waals surface area (Å²) in [5, 5.41) is 0. The molecule has 2 amide bonds. The molecule has 0 bridgehead atoms. The SMILES string of the molecule is O=C1CC(N2CCCCC2)C(=O)N1c1ccc(S(=O)(=O)N2CCOCC2)cc1. The number of carbonyl (C=O) groups excluding carboxylic acids is 2. The molecule has 4 rings (SSSR count). The fourth-order valence-corrected chi connectivity index (χ4v) is 5.51. The number of ether oxygens (including phenoxy) is 1. The third-order valence-electron chi connectivity index (χ3n) is 5.66. The number of morpholine rings is 1. The molecule has 1 atom stereocenters. The van der Waals surface area contributed by atoms with Crippen molar-refractivity contribution in [1.82, 2.24) is 9.21 Å². The summed E-state index contributed by atoms with van der Waals surface area (Å²) in [6.07, 6.45) is 3.44. The van der Waals surface area contributed by atoms with E-state index in [0.717, 1.165) is 32.4 Å². The highest BCUT2D eigenvalue weighted by molar-refractivity contribution is 7.89. The Balaban J connectivity index is 1.52. The summed E-state index contributed by atoms with van der Waals surface area (Å²) in [6, 6.07) is 5.62. The summed E-state index contributed by atoms with van der Waals surface area (Å²) in [4.78, 5) is 28.8. The van der Waals surface area contributed by atoms with Crippen molar-refractivity contribution >= 4 is 27.5 Å². The van der Waals surface area contributed by atoms with Gasteiger partial charge in [0.15, 0.2) is 0 Å². The number of amides is 2. The van der Waals surface area contributed by atoms with Gasteiger partial charge in [-0.25, -0.2) is 13.3 Å². The van der Waals surface area contributed by atoms with Crippen molar-refractivity contribution in [2.75, 3.05) is 44.3 Å². The number of carbonyl (C=O) groups is 2. The van der Waals surface area contributed by atoms with Crippen LogP contribution in [0.2, 0.25) is 0 Å². The molecule has 3 heterocycles. The third-order valence-corrected chi connectivity index (χ3v) is 7.57. The van der Waals surface area contributed by atoms with Crippen LogP contribution in [0.1, 0.15) is 25.7 Å². The summed E-state index contributed by atoms with van der Waals surface area (Å²) < 4.78 is 32.0. The molecule has 0 aromatic heterocycles. The second kappa shape index (κ2) is 7.90. The first-order valence-corrected chi connectivity index (χ1v) is 11.2. The van der Waals surface area contributed by atoms with E-state index in [0.29, 0.717) is 32.0 Å². The van der Waals surface area contributed by atoms with E-state index in [2.05, 4.69) is 4.90 Å². The van der Waals surface area contributed by atoms with Crippen LogP contribution in [-0.4, -0.2) is 74.9 Å². The maximum Gasteiger partial charge on any atom is 0.251 e. The van der Waals surface area contributed by atoms with Crippen molar-refractivity contribution < 1.29 is 22.7 Å². The smallest absolute Gasteiger partial charge is 0.251 e. The van der Waals surface area contributed by atoms with Gasteiger partial charge in [0.1, 0.15) is 0 Å². The zero-order chi connectivity index (χ0) is 19.7. The summed E-state index contributed by atoms with van der Waals surface area (Å²) in [6.45, 7) is 3.09. The fraction of sp³-hybridized carbons (Fsp3) is 0.579. The number of hydrogen-bond donors (Lipinski definition) is 0. The first kappa shape index (κ1) is 19.5. The predicted octanol–water partition coefficient (Wildman–Crippen LogP) is 0.825. The van der Waals surface area contributed by atoms with Crippen molar-refractivity contribution in [2.45, 2.75) is 36.6 Å². The Hall–Kier alpha value is -1.81. The van der Waals surface area contributed by atoms with Gasteiger partial charge in [0.2, 0.25) is 15.9 Å². The molecule has 1 aromatic carbocycles. The molecule has 3 aliphatic heterocycles. The second-order valence-corrected chi connectivity index (χ2v) is 9.33. The molecular formula is C19H25N3O5S. The molecule has 9 heteroatoms. The van der Waals surface area contributed by atoms with Gasteiger partial charge in [0.25, 0.3) is 5.91 Å². The summed E-state index contributed by atoms with van der Waals surface area (Å²) in [5.74, 6) is -0.444. The third kappa shape index (κ3) is 3.59. The lowest BCUT2D eigenvalue weighted by Gasteiger charge is -2.30. The largest absolute Gasteiger partial charge is 0.379 e. The standard InChI is InChI=1S/C19H25N3O5S/c23-18-14-17(20-8-2-1-3-9-20)19(24)22(18)15-4-6-16(7-5-15)28(25,26)21-10-12-27-13-11-21/h4-7,17H,1-3,8-14H2. The van der Waals surface area contributed by atoms with Crippen LogP contribution in [0.4, 0.5) is 5.69 Å². The monoisotopic (exact) mass is 407 g/mol. The van der Waals surface area contributed by atoms with E-state index in [1.807, 2.05) is 0 Å². The topological polar surface area (TPSA) is 87.2 Å². The molecule has 152 valence electrons. The lowest BCUT2D eigenvalue weighted by molar-refractivity contribution is -0.123. The molecule has 1 unspecified atom stereocenters. The Morgan fingerprint density at radius 1 is 0.893 bits per heavy atom. The Kier molecular flexibility index (Phi) is 5.50. The van der Waals surface area contributed by atoms with Crippen LogP contribution >= 0.6 is 0 Å². The molecule has 8 nitrogen and oxygen atoms in total. The Labute approximate surface area is 165 Å². The Bertz CT molecular complexity index is 843. The van der Waals surface area contributed by atoms with Gasteiger partial charge < -0.3 is 4.74 Å². The number of likely N-dealkylation sites (tertiary alicyclic amines) is 1. The van der Waals surface area contributed by atoms with Crippen LogP contribution in [0.3, 0.4) is 0 Å². The summed E-state index contributed by atoms with van der Waals surface area (Å²) >= 11 is 0. The molecular weight excluding hydrogens is 382 g/mol. The van der Waals surface area contributed by atoms with Crippen molar-refractivity contribution in [3.05, 3.63) is 24.3 Å². The summed E-state index contributed by atoms with van der Waals surface area (Å²) in [7, 11) is -3.60. The van der Waals surface area contributed by atoms with E-state index >= 15 is 0 Å². The van der Waals surface area contributed by atoms with E-state index < -0.39 is 16.1 Å². The molecule has 0 saturated carbocycles. The van der Waals surface area contributed by atoms with Gasteiger partial charge in [0, 0.05) is 13.1 Å². The highest BCUT2D eigenvalue weighted by Crippen LogP contribution is 2.29. The van der Waals surface area contributed by atoms with Crippen molar-refractivity contribution in [3.8, 4) is 0 Å². The Morgan fingerprint density at radius 2 is 1.54 bits per heavy atom. The highest BCUT2D eigenvalue weighted by Gasteiger charge is 2.43. The van der Waals surface area contributed by atoms with Gasteiger partial charge >= 0.3 is 0 Å². The number of rotatable bonds is 4. The van der Waals surface area contributed by atoms with Gasteiger partial charge in [-0.3, -0.25) is 14.5 Å². The maximum absolute atomic E-state index is 12.9. The van der Waals surface area contributed by atoms with Gasteiger partial charge in [0.05, 0.1) is 36.3 Å². The number of benzene rings is 1. The Morgan fingerprint density at radius 3 is 2.18 bits per heavy atom. The second-order valence-electron chi connectivity index (χ2n) is 7.39. The molecule has 3 aliphatic rings. The number of nitrogens with zero attached hydrogens (tertiary/aromatic N) is 3. The number of sulfonamides is 1. The van der Waals surface area contributed by atoms with Crippen LogP contribution in [0.5, 0.6) is 0 Å². The van der Waals surface area contributed by atoms with E-state index in [4.69, 9.17) is 4.74 Å². The molecule has 3 saturated heterocycles. The number of piperidine rings is 1. The van der Waals surface area contributed by atoms with Gasteiger partial charge in [-0.2, -0.15) is 4.31 Å². The number of anilines is 1. The fourth-order valence-electron chi connectivity index (χ4n) is 4.11. The molecule has 28 heavy (non-hydrogen) atoms. The van der Waals surface area contributed by atoms with Crippen molar-refractivity contribution in [2.24, 2.45) is 0 Å². The quantitative estimate of drug-likeness (QED) is 0.687. The lowest BCUT2D eigenvalue weighted by atomic mass is 10.1. The average molecular weight is 407 g/mol. The lowest BCUT2D eigenvalue weighted by Crippen LogP contribution is -2.44. The normalized spacial score (nSPS) is 25.4. The van der Waals surface area contributed by atoms with Crippen LogP contribution in [0, 0.1) is 0 Å². The van der Waals surface area contributed by atoms with Gasteiger partial charge in [-0.1, -0.05) is 6.42 Å². The summed E-state index contributed by atoms with van der Waals surface area (Å²) in [5.41, 5.74) is 0.426. The van der Waals surface area contributed by atoms with Crippen LogP contribution < -0.4 is 4.90 Å². The van der Waals surface area contributed by atoms with Crippen molar-refractivity contribution in [1.29, 1.82) is 0 Å². The first-order chi connectivity index (χ1) is 13.5. The number of hydrogen-bond acceptors (Lipinski definition) is 6. The minimum atomic E-state index is -3.60. The van der Waals surface area contributed by atoms with Crippen LogP contribution in [0.15, 0.2) is 29.2 Å². The van der Waals surface area contributed by atoms with E-state index in [9.17, 15) is 18.0 Å². The zero-order valence-electron chi connectivity index (χ0n) is 15.7. The van der Waals surface area contributed by atoms with Gasteiger partial charge in [-0.05, 0) is 50.2 Å². The van der Waals surface area contributed by atoms with E-state index in [1.54, 1.807) is 12.1 Å². The molecule has 0 radical (unpaired) electrons. The zero-order valence-corrected chi connectivity index (χ0v) is 16.6. The molecule has 3 fully saturated rings. The van der Waals surface area contributed by atoms with Crippen molar-refractivity contribution in [3.63, 3.8) is 0 Å². The number of imide groups is 1. The van der Waals surface area contributed by atoms with Gasteiger partial charge in [-0.15, -0.1) is 0 Å². The maximum atomic E-state index is 12.9. The van der Waals surface area contributed by atoms with E-state index in [-0.39, 0.29) is 23.1 Å². The molecule has 1 aromatic rings.